The van der Waals surface area contributed by atoms with Gasteiger partial charge in [0.05, 0.1) is 6.54 Å². The van der Waals surface area contributed by atoms with Crippen LogP contribution in [0.25, 0.3) is 0 Å². The quantitative estimate of drug-likeness (QED) is 0.774. The van der Waals surface area contributed by atoms with E-state index in [-0.39, 0.29) is 12.1 Å². The Balaban J connectivity index is 2.00. The van der Waals surface area contributed by atoms with E-state index in [2.05, 4.69) is 50.4 Å². The van der Waals surface area contributed by atoms with Gasteiger partial charge in [0.15, 0.2) is 0 Å². The molecule has 3 heteroatoms. The van der Waals surface area contributed by atoms with Crippen molar-refractivity contribution in [2.75, 3.05) is 6.54 Å². The van der Waals surface area contributed by atoms with Crippen molar-refractivity contribution >= 4 is 5.91 Å². The van der Waals surface area contributed by atoms with E-state index < -0.39 is 0 Å². The van der Waals surface area contributed by atoms with E-state index in [1.54, 1.807) is 0 Å². The predicted molar refractivity (Wildman–Crippen MR) is 87.0 cm³/mol. The van der Waals surface area contributed by atoms with Gasteiger partial charge in [0, 0.05) is 6.04 Å². The molecule has 2 atom stereocenters. The van der Waals surface area contributed by atoms with Crippen LogP contribution in [0, 0.1) is 6.92 Å². The molecule has 1 aromatic rings. The number of nitrogens with one attached hydrogen (secondary N) is 1. The van der Waals surface area contributed by atoms with E-state index in [1.165, 1.54) is 36.8 Å². The third-order valence-electron chi connectivity index (χ3n) is 4.36. The SMILES string of the molecule is CCCCCCC(C)N1C(=O)CNC1c1ccc(C)cc1. The molecule has 1 aromatic carbocycles. The monoisotopic (exact) mass is 288 g/mol. The van der Waals surface area contributed by atoms with E-state index in [0.717, 1.165) is 6.42 Å². The maximum Gasteiger partial charge on any atom is 0.238 e. The summed E-state index contributed by atoms with van der Waals surface area (Å²) in [5.41, 5.74) is 2.44. The molecule has 1 fully saturated rings. The van der Waals surface area contributed by atoms with Gasteiger partial charge in [0.25, 0.3) is 0 Å². The van der Waals surface area contributed by atoms with Crippen molar-refractivity contribution in [1.29, 1.82) is 0 Å². The van der Waals surface area contributed by atoms with Crippen LogP contribution in [-0.4, -0.2) is 23.4 Å². The standard InChI is InChI=1S/C18H28N2O/c1-4-5-6-7-8-15(3)20-17(21)13-19-18(20)16-11-9-14(2)10-12-16/h9-12,15,18-19H,4-8,13H2,1-3H3. The van der Waals surface area contributed by atoms with Crippen LogP contribution in [0.1, 0.15) is 63.2 Å². The van der Waals surface area contributed by atoms with Gasteiger partial charge in [-0.2, -0.15) is 0 Å². The van der Waals surface area contributed by atoms with E-state index in [9.17, 15) is 4.79 Å². The number of aryl methyl sites for hydroxylation is 1. The Morgan fingerprint density at radius 1 is 1.24 bits per heavy atom. The number of hydrogen-bond acceptors (Lipinski definition) is 2. The second-order valence-electron chi connectivity index (χ2n) is 6.19. The molecule has 0 saturated carbocycles. The summed E-state index contributed by atoms with van der Waals surface area (Å²) in [7, 11) is 0. The number of nitrogens with zero attached hydrogens (tertiary/aromatic N) is 1. The average Bonchev–Trinajstić information content (AvgIpc) is 2.86. The number of carbonyl (C=O) groups excluding carboxylic acids is 1. The van der Waals surface area contributed by atoms with Crippen LogP contribution < -0.4 is 5.32 Å². The van der Waals surface area contributed by atoms with Crippen LogP contribution in [0.15, 0.2) is 24.3 Å². The third-order valence-corrected chi connectivity index (χ3v) is 4.36. The fraction of sp³-hybridized carbons (Fsp3) is 0.611. The first kappa shape index (κ1) is 16.0. The average molecular weight is 288 g/mol. The molecular formula is C18H28N2O. The van der Waals surface area contributed by atoms with Crippen LogP contribution in [0.3, 0.4) is 0 Å². The summed E-state index contributed by atoms with van der Waals surface area (Å²) in [4.78, 5) is 14.3. The number of benzene rings is 1. The summed E-state index contributed by atoms with van der Waals surface area (Å²) in [6.07, 6.45) is 6.16. The molecule has 0 aliphatic carbocycles. The van der Waals surface area contributed by atoms with E-state index >= 15 is 0 Å². The molecule has 3 nitrogen and oxygen atoms in total. The van der Waals surface area contributed by atoms with E-state index in [4.69, 9.17) is 0 Å². The largest absolute Gasteiger partial charge is 0.319 e. The molecule has 1 N–H and O–H groups in total. The fourth-order valence-corrected chi connectivity index (χ4v) is 3.05. The second kappa shape index (κ2) is 7.60. The van der Waals surface area contributed by atoms with Crippen molar-refractivity contribution < 1.29 is 4.79 Å². The minimum Gasteiger partial charge on any atom is -0.319 e. The van der Waals surface area contributed by atoms with E-state index in [0.29, 0.717) is 12.6 Å². The molecule has 2 rings (SSSR count). The van der Waals surface area contributed by atoms with Crippen LogP contribution in [0.5, 0.6) is 0 Å². The second-order valence-corrected chi connectivity index (χ2v) is 6.19. The summed E-state index contributed by atoms with van der Waals surface area (Å²) >= 11 is 0. The lowest BCUT2D eigenvalue weighted by molar-refractivity contribution is -0.130. The fourth-order valence-electron chi connectivity index (χ4n) is 3.05. The molecule has 1 amide bonds. The lowest BCUT2D eigenvalue weighted by atomic mass is 10.0. The van der Waals surface area contributed by atoms with Gasteiger partial charge in [-0.1, -0.05) is 62.4 Å². The smallest absolute Gasteiger partial charge is 0.238 e. The number of carbonyl (C=O) groups is 1. The maximum atomic E-state index is 12.2. The third kappa shape index (κ3) is 4.07. The van der Waals surface area contributed by atoms with Crippen LogP contribution in [0.2, 0.25) is 0 Å². The molecule has 1 saturated heterocycles. The molecule has 116 valence electrons. The zero-order valence-electron chi connectivity index (χ0n) is 13.6. The van der Waals surface area contributed by atoms with E-state index in [1.807, 2.05) is 4.90 Å². The Kier molecular flexibility index (Phi) is 5.80. The highest BCUT2D eigenvalue weighted by Crippen LogP contribution is 2.27. The van der Waals surface area contributed by atoms with Crippen molar-refractivity contribution in [2.24, 2.45) is 0 Å². The highest BCUT2D eigenvalue weighted by atomic mass is 16.2. The zero-order chi connectivity index (χ0) is 15.2. The number of amides is 1. The van der Waals surface area contributed by atoms with Crippen molar-refractivity contribution in [2.45, 2.75) is 65.1 Å². The number of rotatable bonds is 7. The van der Waals surface area contributed by atoms with Gasteiger partial charge in [-0.25, -0.2) is 0 Å². The minimum absolute atomic E-state index is 0.0410. The minimum atomic E-state index is 0.0410. The van der Waals surface area contributed by atoms with Gasteiger partial charge < -0.3 is 4.90 Å². The normalized spacial score (nSPS) is 20.0. The van der Waals surface area contributed by atoms with Crippen LogP contribution in [0.4, 0.5) is 0 Å². The first-order valence-electron chi connectivity index (χ1n) is 8.24. The first-order valence-corrected chi connectivity index (χ1v) is 8.24. The highest BCUT2D eigenvalue weighted by molar-refractivity contribution is 5.81. The van der Waals surface area contributed by atoms with Gasteiger partial charge in [0.1, 0.15) is 6.17 Å². The van der Waals surface area contributed by atoms with Gasteiger partial charge >= 0.3 is 0 Å². The first-order chi connectivity index (χ1) is 10.1. The Labute approximate surface area is 128 Å². The van der Waals surface area contributed by atoms with Crippen molar-refractivity contribution in [1.82, 2.24) is 10.2 Å². The molecule has 0 aromatic heterocycles. The Morgan fingerprint density at radius 2 is 1.95 bits per heavy atom. The van der Waals surface area contributed by atoms with Crippen LogP contribution >= 0.6 is 0 Å². The lowest BCUT2D eigenvalue weighted by Gasteiger charge is -2.31. The van der Waals surface area contributed by atoms with Gasteiger partial charge in [-0.3, -0.25) is 10.1 Å². The Bertz CT molecular complexity index is 455. The lowest BCUT2D eigenvalue weighted by Crippen LogP contribution is -2.37. The summed E-state index contributed by atoms with van der Waals surface area (Å²) in [5.74, 6) is 0.226. The molecule has 0 spiro atoms. The molecule has 21 heavy (non-hydrogen) atoms. The molecule has 1 aliphatic heterocycles. The van der Waals surface area contributed by atoms with Gasteiger partial charge in [-0.15, -0.1) is 0 Å². The van der Waals surface area contributed by atoms with Crippen molar-refractivity contribution in [3.63, 3.8) is 0 Å². The van der Waals surface area contributed by atoms with Gasteiger partial charge in [-0.05, 0) is 25.8 Å². The molecule has 0 radical (unpaired) electrons. The summed E-state index contributed by atoms with van der Waals surface area (Å²) in [6.45, 7) is 6.95. The van der Waals surface area contributed by atoms with Crippen molar-refractivity contribution in [3.05, 3.63) is 35.4 Å². The molecule has 1 aliphatic rings. The summed E-state index contributed by atoms with van der Waals surface area (Å²) < 4.78 is 0. The predicted octanol–water partition coefficient (Wildman–Crippen LogP) is 3.78. The molecule has 0 bridgehead atoms. The maximum absolute atomic E-state index is 12.2. The Hall–Kier alpha value is -1.35. The number of hydrogen-bond donors (Lipinski definition) is 1. The number of unbranched alkanes of at least 4 members (excludes halogenated alkanes) is 3. The molecule has 1 heterocycles. The van der Waals surface area contributed by atoms with Crippen molar-refractivity contribution in [3.8, 4) is 0 Å². The Morgan fingerprint density at radius 3 is 2.62 bits per heavy atom. The molecular weight excluding hydrogens is 260 g/mol. The van der Waals surface area contributed by atoms with Crippen LogP contribution in [-0.2, 0) is 4.79 Å². The summed E-state index contributed by atoms with van der Waals surface area (Å²) in [5, 5.41) is 3.35. The topological polar surface area (TPSA) is 32.3 Å². The zero-order valence-corrected chi connectivity index (χ0v) is 13.6. The summed E-state index contributed by atoms with van der Waals surface area (Å²) in [6, 6.07) is 8.79. The molecule has 2 unspecified atom stereocenters. The van der Waals surface area contributed by atoms with Gasteiger partial charge in [0.2, 0.25) is 5.91 Å². The highest BCUT2D eigenvalue weighted by Gasteiger charge is 2.34.